The Morgan fingerprint density at radius 1 is 1.11 bits per heavy atom. The van der Waals surface area contributed by atoms with Crippen molar-refractivity contribution in [3.05, 3.63) is 24.3 Å². The molecule has 2 heterocycles. The van der Waals surface area contributed by atoms with Gasteiger partial charge in [-0.15, -0.1) is 0 Å². The molecule has 2 aliphatic rings. The Labute approximate surface area is 162 Å². The second-order valence-electron chi connectivity index (χ2n) is 7.90. The molecule has 2 unspecified atom stereocenters. The maximum atomic E-state index is 12.3. The first kappa shape index (κ1) is 19.7. The largest absolute Gasteiger partial charge is 0.356 e. The number of fused-ring (bicyclic) bond motifs is 3. The number of carbonyl (C=O) groups is 2. The smallest absolute Gasteiger partial charge is 0.247 e. The van der Waals surface area contributed by atoms with E-state index in [1.807, 2.05) is 24.3 Å². The molecule has 0 saturated carbocycles. The predicted octanol–water partition coefficient (Wildman–Crippen LogP) is 4.23. The van der Waals surface area contributed by atoms with E-state index in [0.717, 1.165) is 24.2 Å². The minimum Gasteiger partial charge on any atom is -0.356 e. The van der Waals surface area contributed by atoms with Crippen molar-refractivity contribution in [3.8, 4) is 0 Å². The Bertz CT molecular complexity index is 646. The number of unbranched alkanes of at least 4 members (excludes halogenated alkanes) is 7. The van der Waals surface area contributed by atoms with E-state index in [2.05, 4.69) is 22.5 Å². The average molecular weight is 372 g/mol. The fourth-order valence-electron chi connectivity index (χ4n) is 4.22. The number of hydrogen-bond donors (Lipinski definition) is 2. The molecule has 1 saturated heterocycles. The number of para-hydroxylation sites is 2. The summed E-state index contributed by atoms with van der Waals surface area (Å²) in [5.41, 5.74) is 1.92. The van der Waals surface area contributed by atoms with Crippen LogP contribution in [-0.2, 0) is 9.59 Å². The topological polar surface area (TPSA) is 61.4 Å². The molecule has 3 rings (SSSR count). The van der Waals surface area contributed by atoms with Crippen LogP contribution in [0.1, 0.15) is 71.1 Å². The van der Waals surface area contributed by atoms with Crippen LogP contribution in [0.3, 0.4) is 0 Å². The van der Waals surface area contributed by atoms with Crippen LogP contribution in [0.15, 0.2) is 24.3 Å². The van der Waals surface area contributed by atoms with Crippen LogP contribution in [0.2, 0.25) is 0 Å². The Morgan fingerprint density at radius 2 is 1.81 bits per heavy atom. The molecular formula is C22H33N3O2. The molecule has 148 valence electrons. The van der Waals surface area contributed by atoms with Crippen molar-refractivity contribution in [1.82, 2.24) is 5.32 Å². The summed E-state index contributed by atoms with van der Waals surface area (Å²) in [7, 11) is 0. The molecule has 5 nitrogen and oxygen atoms in total. The van der Waals surface area contributed by atoms with E-state index in [0.29, 0.717) is 19.4 Å². The van der Waals surface area contributed by atoms with Crippen molar-refractivity contribution in [3.63, 3.8) is 0 Å². The summed E-state index contributed by atoms with van der Waals surface area (Å²) in [6.07, 6.45) is 11.2. The number of nitrogens with zero attached hydrogens (tertiary/aromatic N) is 1. The summed E-state index contributed by atoms with van der Waals surface area (Å²) in [5.74, 6) is 0.160. The minimum absolute atomic E-state index is 0.0357. The van der Waals surface area contributed by atoms with Crippen LogP contribution in [-0.4, -0.2) is 30.4 Å². The highest BCUT2D eigenvalue weighted by Crippen LogP contribution is 2.36. The van der Waals surface area contributed by atoms with Crippen LogP contribution in [0, 0.1) is 0 Å². The van der Waals surface area contributed by atoms with E-state index < -0.39 is 0 Å². The van der Waals surface area contributed by atoms with Crippen LogP contribution >= 0.6 is 0 Å². The molecule has 2 amide bonds. The highest BCUT2D eigenvalue weighted by Gasteiger charge is 2.41. The van der Waals surface area contributed by atoms with Gasteiger partial charge in [0.1, 0.15) is 6.04 Å². The maximum absolute atomic E-state index is 12.3. The fourth-order valence-corrected chi connectivity index (χ4v) is 4.22. The lowest BCUT2D eigenvalue weighted by atomic mass is 10.1. The van der Waals surface area contributed by atoms with Gasteiger partial charge in [-0.2, -0.15) is 0 Å². The highest BCUT2D eigenvalue weighted by atomic mass is 16.2. The van der Waals surface area contributed by atoms with Gasteiger partial charge in [-0.1, -0.05) is 64.0 Å². The number of nitrogens with one attached hydrogen (secondary N) is 2. The zero-order valence-electron chi connectivity index (χ0n) is 16.5. The van der Waals surface area contributed by atoms with Gasteiger partial charge < -0.3 is 15.5 Å². The van der Waals surface area contributed by atoms with Crippen molar-refractivity contribution in [2.75, 3.05) is 16.8 Å². The lowest BCUT2D eigenvalue weighted by molar-refractivity contribution is -0.122. The third-order valence-electron chi connectivity index (χ3n) is 5.70. The number of anilines is 2. The van der Waals surface area contributed by atoms with Gasteiger partial charge in [0.25, 0.3) is 0 Å². The van der Waals surface area contributed by atoms with Gasteiger partial charge in [0.15, 0.2) is 0 Å². The summed E-state index contributed by atoms with van der Waals surface area (Å²) in [4.78, 5) is 26.8. The zero-order valence-corrected chi connectivity index (χ0v) is 16.5. The predicted molar refractivity (Wildman–Crippen MR) is 110 cm³/mol. The number of carbonyl (C=O) groups excluding carboxylic acids is 2. The van der Waals surface area contributed by atoms with Crippen LogP contribution in [0.5, 0.6) is 0 Å². The van der Waals surface area contributed by atoms with Gasteiger partial charge in [0.05, 0.1) is 11.4 Å². The lowest BCUT2D eigenvalue weighted by Crippen LogP contribution is -2.44. The third kappa shape index (κ3) is 5.24. The summed E-state index contributed by atoms with van der Waals surface area (Å²) in [5, 5.41) is 6.12. The first-order chi connectivity index (χ1) is 13.2. The molecule has 27 heavy (non-hydrogen) atoms. The molecule has 1 fully saturated rings. The van der Waals surface area contributed by atoms with Gasteiger partial charge in [0.2, 0.25) is 11.8 Å². The molecule has 0 spiro atoms. The Hall–Kier alpha value is -2.04. The van der Waals surface area contributed by atoms with Gasteiger partial charge in [-0.05, 0) is 25.0 Å². The summed E-state index contributed by atoms with van der Waals surface area (Å²) >= 11 is 0. The van der Waals surface area contributed by atoms with Gasteiger partial charge >= 0.3 is 0 Å². The average Bonchev–Trinajstić information content (AvgIpc) is 3.08. The van der Waals surface area contributed by atoms with E-state index in [-0.39, 0.29) is 23.9 Å². The standard InChI is InChI=1S/C22H33N3O2/c1-2-3-4-5-6-7-8-9-14-21(26)23-17-15-20-22(27)24-18-12-10-11-13-19(18)25(20)16-17/h10-13,17,20H,2-9,14-16H2,1H3,(H,23,26)(H,24,27). The molecule has 0 bridgehead atoms. The number of amides is 2. The van der Waals surface area contributed by atoms with Gasteiger partial charge in [0, 0.05) is 19.0 Å². The molecule has 0 aromatic heterocycles. The Kier molecular flexibility index (Phi) is 7.13. The van der Waals surface area contributed by atoms with Crippen molar-refractivity contribution in [2.45, 2.75) is 83.2 Å². The molecule has 1 aromatic rings. The summed E-state index contributed by atoms with van der Waals surface area (Å²) in [6.45, 7) is 2.94. The summed E-state index contributed by atoms with van der Waals surface area (Å²) in [6, 6.07) is 7.76. The zero-order chi connectivity index (χ0) is 19.1. The second kappa shape index (κ2) is 9.77. The SMILES string of the molecule is CCCCCCCCCCC(=O)NC1CC2C(=O)Nc3ccccc3N2C1. The quantitative estimate of drug-likeness (QED) is 0.605. The molecule has 2 N–H and O–H groups in total. The Balaban J connectivity index is 1.37. The van der Waals surface area contributed by atoms with E-state index in [4.69, 9.17) is 0 Å². The molecule has 5 heteroatoms. The van der Waals surface area contributed by atoms with Crippen molar-refractivity contribution >= 4 is 23.2 Å². The number of benzene rings is 1. The molecule has 0 radical (unpaired) electrons. The van der Waals surface area contributed by atoms with E-state index >= 15 is 0 Å². The fraction of sp³-hybridized carbons (Fsp3) is 0.636. The highest BCUT2D eigenvalue weighted by molar-refractivity contribution is 6.04. The molecular weight excluding hydrogens is 338 g/mol. The van der Waals surface area contributed by atoms with Crippen LogP contribution in [0.25, 0.3) is 0 Å². The maximum Gasteiger partial charge on any atom is 0.247 e. The first-order valence-corrected chi connectivity index (χ1v) is 10.6. The first-order valence-electron chi connectivity index (χ1n) is 10.6. The molecule has 1 aromatic carbocycles. The van der Waals surface area contributed by atoms with Gasteiger partial charge in [-0.25, -0.2) is 0 Å². The monoisotopic (exact) mass is 371 g/mol. The van der Waals surface area contributed by atoms with Crippen LogP contribution < -0.4 is 15.5 Å². The normalized spacial score (nSPS) is 20.8. The summed E-state index contributed by atoms with van der Waals surface area (Å²) < 4.78 is 0. The minimum atomic E-state index is -0.173. The molecule has 2 atom stereocenters. The number of rotatable bonds is 10. The van der Waals surface area contributed by atoms with E-state index in [1.165, 1.54) is 38.5 Å². The number of hydrogen-bond acceptors (Lipinski definition) is 3. The molecule has 2 aliphatic heterocycles. The van der Waals surface area contributed by atoms with Gasteiger partial charge in [-0.3, -0.25) is 9.59 Å². The van der Waals surface area contributed by atoms with Crippen molar-refractivity contribution in [1.29, 1.82) is 0 Å². The van der Waals surface area contributed by atoms with E-state index in [9.17, 15) is 9.59 Å². The lowest BCUT2D eigenvalue weighted by Gasteiger charge is -2.32. The van der Waals surface area contributed by atoms with Crippen LogP contribution in [0.4, 0.5) is 11.4 Å². The van der Waals surface area contributed by atoms with E-state index in [1.54, 1.807) is 0 Å². The Morgan fingerprint density at radius 3 is 2.59 bits per heavy atom. The third-order valence-corrected chi connectivity index (χ3v) is 5.70. The van der Waals surface area contributed by atoms with Crippen molar-refractivity contribution in [2.24, 2.45) is 0 Å². The molecule has 0 aliphatic carbocycles. The van der Waals surface area contributed by atoms with Crippen molar-refractivity contribution < 1.29 is 9.59 Å². The second-order valence-corrected chi connectivity index (χ2v) is 7.90.